The second kappa shape index (κ2) is 9.74. The summed E-state index contributed by atoms with van der Waals surface area (Å²) in [6.07, 6.45) is -3.97. The number of carbonyl (C=O) groups excluding carboxylic acids is 1. The van der Waals surface area contributed by atoms with Gasteiger partial charge in [0.25, 0.3) is 0 Å². The fourth-order valence-electron chi connectivity index (χ4n) is 2.85. The van der Waals surface area contributed by atoms with E-state index >= 15 is 0 Å². The van der Waals surface area contributed by atoms with Gasteiger partial charge >= 0.3 is 5.97 Å². The van der Waals surface area contributed by atoms with Gasteiger partial charge in [-0.25, -0.2) is 4.79 Å². The molecule has 1 aliphatic heterocycles. The van der Waals surface area contributed by atoms with Crippen LogP contribution in [0.15, 0.2) is 65.8 Å². The van der Waals surface area contributed by atoms with Crippen molar-refractivity contribution in [2.45, 2.75) is 30.6 Å². The SMILES string of the molecule is [N-]=[N+]=N[C@H]1[C@@H](Oc2ccccc2)O[C@H](CI)[C@H](O)[C@@H]1OC(=O)c1ccccc1. The van der Waals surface area contributed by atoms with Gasteiger partial charge in [-0.2, -0.15) is 0 Å². The third kappa shape index (κ3) is 4.74. The van der Waals surface area contributed by atoms with Gasteiger partial charge in [-0.15, -0.1) is 0 Å². The fourth-order valence-corrected chi connectivity index (χ4v) is 3.57. The molecule has 146 valence electrons. The molecule has 3 rings (SSSR count). The molecule has 28 heavy (non-hydrogen) atoms. The number of benzene rings is 2. The van der Waals surface area contributed by atoms with Crippen LogP contribution in [-0.4, -0.2) is 46.1 Å². The van der Waals surface area contributed by atoms with Gasteiger partial charge in [0.2, 0.25) is 6.29 Å². The molecule has 0 bridgehead atoms. The maximum atomic E-state index is 12.5. The highest BCUT2D eigenvalue weighted by molar-refractivity contribution is 14.1. The quantitative estimate of drug-likeness (QED) is 0.165. The average Bonchev–Trinajstić information content (AvgIpc) is 2.73. The minimum atomic E-state index is -1.17. The maximum absolute atomic E-state index is 12.5. The lowest BCUT2D eigenvalue weighted by atomic mass is 9.97. The molecule has 5 atom stereocenters. The van der Waals surface area contributed by atoms with E-state index in [-0.39, 0.29) is 0 Å². The summed E-state index contributed by atoms with van der Waals surface area (Å²) in [6, 6.07) is 16.2. The van der Waals surface area contributed by atoms with Gasteiger partial charge in [0.1, 0.15) is 30.1 Å². The number of hydrogen-bond donors (Lipinski definition) is 1. The van der Waals surface area contributed by atoms with Crippen LogP contribution in [0.5, 0.6) is 5.75 Å². The van der Waals surface area contributed by atoms with Gasteiger partial charge in [-0.3, -0.25) is 0 Å². The predicted molar refractivity (Wildman–Crippen MR) is 109 cm³/mol. The molecular formula is C19H18IN3O5. The molecular weight excluding hydrogens is 477 g/mol. The number of esters is 1. The van der Waals surface area contributed by atoms with Crippen LogP contribution in [0.4, 0.5) is 0 Å². The first-order valence-electron chi connectivity index (χ1n) is 8.55. The Bertz CT molecular complexity index is 832. The first-order chi connectivity index (χ1) is 13.6. The highest BCUT2D eigenvalue weighted by atomic mass is 127. The number of ether oxygens (including phenoxy) is 3. The third-order valence-corrected chi connectivity index (χ3v) is 5.10. The van der Waals surface area contributed by atoms with Crippen molar-refractivity contribution < 1.29 is 24.1 Å². The zero-order chi connectivity index (χ0) is 19.9. The largest absolute Gasteiger partial charge is 0.464 e. The molecule has 1 N–H and O–H groups in total. The van der Waals surface area contributed by atoms with Crippen molar-refractivity contribution in [3.05, 3.63) is 76.7 Å². The van der Waals surface area contributed by atoms with E-state index in [1.807, 2.05) is 6.07 Å². The second-order valence-corrected chi connectivity index (χ2v) is 6.93. The minimum absolute atomic E-state index is 0.326. The number of azide groups is 1. The first kappa shape index (κ1) is 20.4. The van der Waals surface area contributed by atoms with Gasteiger partial charge in [0.15, 0.2) is 0 Å². The van der Waals surface area contributed by atoms with E-state index in [4.69, 9.17) is 19.7 Å². The van der Waals surface area contributed by atoms with E-state index in [0.717, 1.165) is 0 Å². The Labute approximate surface area is 175 Å². The van der Waals surface area contributed by atoms with Crippen LogP contribution in [0.3, 0.4) is 0 Å². The average molecular weight is 495 g/mol. The summed E-state index contributed by atoms with van der Waals surface area (Å²) in [5.74, 6) is -0.127. The predicted octanol–water partition coefficient (Wildman–Crippen LogP) is 3.49. The summed E-state index contributed by atoms with van der Waals surface area (Å²) in [7, 11) is 0. The van der Waals surface area contributed by atoms with Crippen molar-refractivity contribution in [2.24, 2.45) is 5.11 Å². The number of hydrogen-bond acceptors (Lipinski definition) is 6. The first-order valence-corrected chi connectivity index (χ1v) is 10.1. The van der Waals surface area contributed by atoms with E-state index < -0.39 is 36.6 Å². The molecule has 9 heteroatoms. The van der Waals surface area contributed by atoms with Crippen LogP contribution in [0.25, 0.3) is 10.4 Å². The molecule has 0 aromatic heterocycles. The number of alkyl halides is 1. The lowest BCUT2D eigenvalue weighted by molar-refractivity contribution is -0.224. The Morgan fingerprint density at radius 2 is 1.82 bits per heavy atom. The standard InChI is InChI=1S/C19H18IN3O5/c20-11-14-16(24)17(28-18(25)12-7-3-1-4-8-12)15(22-23-21)19(27-14)26-13-9-5-2-6-10-13/h1-10,14-17,19,24H,11H2/t14-,15-,16+,17-,19+/m1/s1. The summed E-state index contributed by atoms with van der Waals surface area (Å²) < 4.78 is 17.6. The number of para-hydroxylation sites is 1. The molecule has 1 aliphatic rings. The van der Waals surface area contributed by atoms with Crippen LogP contribution in [0, 0.1) is 0 Å². The molecule has 0 unspecified atom stereocenters. The zero-order valence-electron chi connectivity index (χ0n) is 14.7. The lowest BCUT2D eigenvalue weighted by Crippen LogP contribution is -2.60. The van der Waals surface area contributed by atoms with Crippen LogP contribution >= 0.6 is 22.6 Å². The van der Waals surface area contributed by atoms with Crippen LogP contribution in [-0.2, 0) is 9.47 Å². The third-order valence-electron chi connectivity index (χ3n) is 4.23. The molecule has 0 amide bonds. The normalized spacial score (nSPS) is 26.7. The molecule has 1 heterocycles. The Morgan fingerprint density at radius 3 is 2.43 bits per heavy atom. The van der Waals surface area contributed by atoms with Crippen molar-refractivity contribution in [1.29, 1.82) is 0 Å². The highest BCUT2D eigenvalue weighted by Gasteiger charge is 2.48. The molecule has 1 fully saturated rings. The van der Waals surface area contributed by atoms with Crippen molar-refractivity contribution in [3.63, 3.8) is 0 Å². The van der Waals surface area contributed by atoms with Crippen molar-refractivity contribution >= 4 is 28.6 Å². The van der Waals surface area contributed by atoms with E-state index in [2.05, 4.69) is 32.6 Å². The second-order valence-electron chi connectivity index (χ2n) is 6.05. The smallest absolute Gasteiger partial charge is 0.338 e. The van der Waals surface area contributed by atoms with Crippen LogP contribution in [0.1, 0.15) is 10.4 Å². The number of rotatable bonds is 6. The summed E-state index contributed by atoms with van der Waals surface area (Å²) >= 11 is 2.06. The Morgan fingerprint density at radius 1 is 1.18 bits per heavy atom. The van der Waals surface area contributed by atoms with Gasteiger partial charge in [0, 0.05) is 9.34 Å². The Hall–Kier alpha value is -2.33. The zero-order valence-corrected chi connectivity index (χ0v) is 16.8. The summed E-state index contributed by atoms with van der Waals surface area (Å²) in [6.45, 7) is 0. The minimum Gasteiger partial charge on any atom is -0.464 e. The molecule has 0 aliphatic carbocycles. The lowest BCUT2D eigenvalue weighted by Gasteiger charge is -2.41. The number of carbonyl (C=O) groups is 1. The van der Waals surface area contributed by atoms with Gasteiger partial charge in [-0.05, 0) is 29.8 Å². The van der Waals surface area contributed by atoms with E-state index in [1.165, 1.54) is 0 Å². The Balaban J connectivity index is 1.87. The summed E-state index contributed by atoms with van der Waals surface area (Å²) in [4.78, 5) is 15.3. The number of nitrogens with zero attached hydrogens (tertiary/aromatic N) is 3. The van der Waals surface area contributed by atoms with Crippen LogP contribution in [0.2, 0.25) is 0 Å². The molecule has 2 aromatic carbocycles. The number of aliphatic hydroxyl groups excluding tert-OH is 1. The molecule has 0 saturated carbocycles. The molecule has 8 nitrogen and oxygen atoms in total. The van der Waals surface area contributed by atoms with Crippen molar-refractivity contribution in [3.8, 4) is 5.75 Å². The van der Waals surface area contributed by atoms with E-state index in [0.29, 0.717) is 15.7 Å². The van der Waals surface area contributed by atoms with Crippen LogP contribution < -0.4 is 4.74 Å². The number of halogens is 1. The molecule has 2 aromatic rings. The van der Waals surface area contributed by atoms with Gasteiger partial charge in [0.05, 0.1) is 5.56 Å². The molecule has 1 saturated heterocycles. The number of aliphatic hydroxyl groups is 1. The van der Waals surface area contributed by atoms with Crippen molar-refractivity contribution in [1.82, 2.24) is 0 Å². The molecule has 0 radical (unpaired) electrons. The monoisotopic (exact) mass is 495 g/mol. The molecule has 0 spiro atoms. The van der Waals surface area contributed by atoms with E-state index in [1.54, 1.807) is 54.6 Å². The highest BCUT2D eigenvalue weighted by Crippen LogP contribution is 2.29. The topological polar surface area (TPSA) is 114 Å². The Kier molecular flexibility index (Phi) is 7.10. The van der Waals surface area contributed by atoms with Crippen molar-refractivity contribution in [2.75, 3.05) is 4.43 Å². The fraction of sp³-hybridized carbons (Fsp3) is 0.316. The van der Waals surface area contributed by atoms with E-state index in [9.17, 15) is 9.90 Å². The van der Waals surface area contributed by atoms with Gasteiger partial charge in [-0.1, -0.05) is 64.1 Å². The van der Waals surface area contributed by atoms with Gasteiger partial charge < -0.3 is 19.3 Å². The maximum Gasteiger partial charge on any atom is 0.338 e. The summed E-state index contributed by atoms with van der Waals surface area (Å²) in [5, 5.41) is 14.4. The summed E-state index contributed by atoms with van der Waals surface area (Å²) in [5.41, 5.74) is 9.33.